The molecule has 0 spiro atoms. The smallest absolute Gasteiger partial charge is 0.241 e. The Labute approximate surface area is 100 Å². The summed E-state index contributed by atoms with van der Waals surface area (Å²) in [4.78, 5) is 19.8. The van der Waals surface area contributed by atoms with Crippen molar-refractivity contribution in [3.63, 3.8) is 0 Å². The summed E-state index contributed by atoms with van der Waals surface area (Å²) in [6.07, 6.45) is 0.693. The van der Waals surface area contributed by atoms with E-state index in [2.05, 4.69) is 26.0 Å². The summed E-state index contributed by atoms with van der Waals surface area (Å²) in [6, 6.07) is 1.28. The highest BCUT2D eigenvalue weighted by Gasteiger charge is 2.12. The molecular weight excluding hydrogens is 220 g/mol. The lowest BCUT2D eigenvalue weighted by atomic mass is 10.3. The minimum Gasteiger partial charge on any atom is -0.358 e. The first-order valence-electron chi connectivity index (χ1n) is 5.43. The molecule has 0 bridgehead atoms. The van der Waals surface area contributed by atoms with Gasteiger partial charge in [0.25, 0.3) is 0 Å². The third kappa shape index (κ3) is 3.56. The fourth-order valence-corrected chi connectivity index (χ4v) is 1.31. The van der Waals surface area contributed by atoms with Gasteiger partial charge < -0.3 is 16.1 Å². The van der Waals surface area contributed by atoms with Gasteiger partial charge >= 0.3 is 0 Å². The van der Waals surface area contributed by atoms with Gasteiger partial charge in [-0.2, -0.15) is 0 Å². The van der Waals surface area contributed by atoms with E-state index in [-0.39, 0.29) is 11.9 Å². The molecule has 1 amide bonds. The molecule has 0 radical (unpaired) electrons. The van der Waals surface area contributed by atoms with Gasteiger partial charge in [-0.05, 0) is 6.92 Å². The molecule has 1 unspecified atom stereocenters. The third-order valence-corrected chi connectivity index (χ3v) is 2.24. The highest BCUT2D eigenvalue weighted by Crippen LogP contribution is 2.11. The zero-order valence-electron chi connectivity index (χ0n) is 10.2. The molecule has 1 heterocycles. The van der Waals surface area contributed by atoms with Crippen molar-refractivity contribution in [1.29, 1.82) is 0 Å². The van der Waals surface area contributed by atoms with Crippen LogP contribution >= 0.6 is 0 Å². The van der Waals surface area contributed by atoms with Crippen LogP contribution in [0.3, 0.4) is 0 Å². The molecule has 0 fully saturated rings. The Morgan fingerprint density at radius 2 is 2.12 bits per heavy atom. The molecule has 0 aliphatic heterocycles. The number of rotatable bonds is 5. The van der Waals surface area contributed by atoms with Crippen molar-refractivity contribution < 1.29 is 4.79 Å². The average Bonchev–Trinajstić information content (AvgIpc) is 2.36. The monoisotopic (exact) mass is 238 g/mol. The Morgan fingerprint density at radius 3 is 2.65 bits per heavy atom. The van der Waals surface area contributed by atoms with Crippen molar-refractivity contribution in [1.82, 2.24) is 15.3 Å². The molecule has 1 atom stereocenters. The molecule has 17 heavy (non-hydrogen) atoms. The number of aryl methyl sites for hydroxylation is 1. The van der Waals surface area contributed by atoms with Gasteiger partial charge in [0.2, 0.25) is 5.91 Å². The molecule has 7 heteroatoms. The molecular formula is C10H18N6O. The van der Waals surface area contributed by atoms with E-state index in [1.54, 1.807) is 20.0 Å². The van der Waals surface area contributed by atoms with Crippen molar-refractivity contribution in [2.24, 2.45) is 5.84 Å². The van der Waals surface area contributed by atoms with Gasteiger partial charge in [0.15, 0.2) is 0 Å². The maximum atomic E-state index is 11.4. The molecule has 7 nitrogen and oxygen atoms in total. The number of amides is 1. The average molecular weight is 238 g/mol. The number of hydrogen-bond acceptors (Lipinski definition) is 6. The topological polar surface area (TPSA) is 105 Å². The number of carbonyl (C=O) groups is 1. The van der Waals surface area contributed by atoms with Gasteiger partial charge in [-0.25, -0.2) is 15.8 Å². The lowest BCUT2D eigenvalue weighted by Crippen LogP contribution is -2.35. The van der Waals surface area contributed by atoms with Crippen molar-refractivity contribution in [2.75, 3.05) is 17.8 Å². The largest absolute Gasteiger partial charge is 0.358 e. The molecule has 0 aromatic carbocycles. The fraction of sp³-hybridized carbons (Fsp3) is 0.500. The van der Waals surface area contributed by atoms with E-state index in [0.29, 0.717) is 23.9 Å². The van der Waals surface area contributed by atoms with Crippen LogP contribution in [0, 0.1) is 0 Å². The minimum atomic E-state index is -0.370. The number of nitrogen functional groups attached to an aromatic ring is 1. The number of hydrogen-bond donors (Lipinski definition) is 4. The first-order valence-corrected chi connectivity index (χ1v) is 5.43. The molecule has 1 aromatic rings. The van der Waals surface area contributed by atoms with E-state index in [1.165, 1.54) is 0 Å². The number of hydrazine groups is 1. The first-order chi connectivity index (χ1) is 8.10. The van der Waals surface area contributed by atoms with Gasteiger partial charge in [-0.3, -0.25) is 4.79 Å². The number of nitrogens with two attached hydrogens (primary N) is 1. The summed E-state index contributed by atoms with van der Waals surface area (Å²) in [5.74, 6) is 6.95. The van der Waals surface area contributed by atoms with Crippen molar-refractivity contribution in [2.45, 2.75) is 26.3 Å². The Bertz CT molecular complexity index is 372. The van der Waals surface area contributed by atoms with Crippen molar-refractivity contribution in [3.05, 3.63) is 11.9 Å². The molecule has 0 aliphatic carbocycles. The zero-order valence-corrected chi connectivity index (χ0v) is 10.2. The van der Waals surface area contributed by atoms with Gasteiger partial charge in [-0.1, -0.05) is 6.92 Å². The predicted molar refractivity (Wildman–Crippen MR) is 66.4 cm³/mol. The summed E-state index contributed by atoms with van der Waals surface area (Å²) in [5.41, 5.74) is 2.47. The van der Waals surface area contributed by atoms with Gasteiger partial charge in [-0.15, -0.1) is 0 Å². The zero-order chi connectivity index (χ0) is 12.8. The number of likely N-dealkylation sites (N-methyl/N-ethyl adjacent to an activating group) is 1. The number of carbonyl (C=O) groups excluding carboxylic acids is 1. The normalized spacial score (nSPS) is 11.8. The summed E-state index contributed by atoms with van der Waals surface area (Å²) < 4.78 is 0. The van der Waals surface area contributed by atoms with Crippen LogP contribution in [0.4, 0.5) is 11.6 Å². The maximum Gasteiger partial charge on any atom is 0.241 e. The molecule has 1 aromatic heterocycles. The van der Waals surface area contributed by atoms with Crippen LogP contribution in [0.1, 0.15) is 19.7 Å². The van der Waals surface area contributed by atoms with E-state index >= 15 is 0 Å². The Balaban J connectivity index is 2.86. The lowest BCUT2D eigenvalue weighted by Gasteiger charge is -2.14. The standard InChI is InChI=1S/C10H18N6O/c1-4-7-14-8(5-9(15-7)16-11)13-6(2)10(17)12-3/h5-6H,4,11H2,1-3H3,(H,12,17)(H2,13,14,15,16). The summed E-state index contributed by atoms with van der Waals surface area (Å²) >= 11 is 0. The second-order valence-corrected chi connectivity index (χ2v) is 3.53. The van der Waals surface area contributed by atoms with E-state index in [1.807, 2.05) is 6.92 Å². The van der Waals surface area contributed by atoms with Gasteiger partial charge in [0, 0.05) is 19.5 Å². The quantitative estimate of drug-likeness (QED) is 0.421. The maximum absolute atomic E-state index is 11.4. The van der Waals surface area contributed by atoms with Crippen LogP contribution in [0.2, 0.25) is 0 Å². The molecule has 1 rings (SSSR count). The van der Waals surface area contributed by atoms with E-state index in [4.69, 9.17) is 5.84 Å². The number of aromatic nitrogens is 2. The predicted octanol–water partition coefficient (Wildman–Crippen LogP) is -0.129. The summed E-state index contributed by atoms with van der Waals surface area (Å²) in [7, 11) is 1.59. The lowest BCUT2D eigenvalue weighted by molar-refractivity contribution is -0.121. The van der Waals surface area contributed by atoms with Crippen LogP contribution < -0.4 is 21.9 Å². The molecule has 0 aliphatic rings. The van der Waals surface area contributed by atoms with Crippen LogP contribution in [-0.4, -0.2) is 29.0 Å². The number of nitrogens with one attached hydrogen (secondary N) is 3. The highest BCUT2D eigenvalue weighted by atomic mass is 16.2. The third-order valence-electron chi connectivity index (χ3n) is 2.24. The second-order valence-electron chi connectivity index (χ2n) is 3.53. The Morgan fingerprint density at radius 1 is 1.47 bits per heavy atom. The molecule has 5 N–H and O–H groups in total. The molecule has 0 saturated carbocycles. The van der Waals surface area contributed by atoms with Gasteiger partial charge in [0.05, 0.1) is 0 Å². The SMILES string of the molecule is CCc1nc(NN)cc(NC(C)C(=O)NC)n1. The minimum absolute atomic E-state index is 0.107. The highest BCUT2D eigenvalue weighted by molar-refractivity contribution is 5.83. The molecule has 0 saturated heterocycles. The van der Waals surface area contributed by atoms with Crippen LogP contribution in [0.5, 0.6) is 0 Å². The van der Waals surface area contributed by atoms with Crippen molar-refractivity contribution >= 4 is 17.5 Å². The second kappa shape index (κ2) is 6.00. The summed E-state index contributed by atoms with van der Waals surface area (Å²) in [6.45, 7) is 3.70. The van der Waals surface area contributed by atoms with Crippen LogP contribution in [0.15, 0.2) is 6.07 Å². The van der Waals surface area contributed by atoms with Crippen LogP contribution in [0.25, 0.3) is 0 Å². The fourth-order valence-electron chi connectivity index (χ4n) is 1.31. The summed E-state index contributed by atoms with van der Waals surface area (Å²) in [5, 5.41) is 5.54. The first kappa shape index (κ1) is 13.2. The van der Waals surface area contributed by atoms with Gasteiger partial charge in [0.1, 0.15) is 23.5 Å². The number of nitrogens with zero attached hydrogens (tertiary/aromatic N) is 2. The molecule has 94 valence electrons. The number of anilines is 2. The Kier molecular flexibility index (Phi) is 4.65. The van der Waals surface area contributed by atoms with E-state index < -0.39 is 0 Å². The van der Waals surface area contributed by atoms with Crippen molar-refractivity contribution in [3.8, 4) is 0 Å². The van der Waals surface area contributed by atoms with E-state index in [0.717, 1.165) is 0 Å². The Hall–Kier alpha value is -1.89. The van der Waals surface area contributed by atoms with Crippen LogP contribution in [-0.2, 0) is 11.2 Å². The van der Waals surface area contributed by atoms with E-state index in [9.17, 15) is 4.79 Å².